The molecule has 1 heterocycles. The van der Waals surface area contributed by atoms with Crippen LogP contribution in [0, 0.1) is 6.92 Å². The number of oxime groups is 1. The fourth-order valence-electron chi connectivity index (χ4n) is 0.861. The minimum atomic E-state index is 0.843. The first kappa shape index (κ1) is 9.06. The summed E-state index contributed by atoms with van der Waals surface area (Å²) in [5, 5.41) is 12.2. The Morgan fingerprint density at radius 1 is 1.58 bits per heavy atom. The molecule has 0 aliphatic carbocycles. The van der Waals surface area contributed by atoms with Gasteiger partial charge in [-0.3, -0.25) is 0 Å². The second kappa shape index (κ2) is 4.11. The van der Waals surface area contributed by atoms with Crippen molar-refractivity contribution in [2.24, 2.45) is 5.16 Å². The zero-order chi connectivity index (χ0) is 8.97. The second-order valence-corrected chi connectivity index (χ2v) is 3.10. The predicted molar refractivity (Wildman–Crippen MR) is 50.1 cm³/mol. The average molecular weight is 182 g/mol. The van der Waals surface area contributed by atoms with Gasteiger partial charge >= 0.3 is 0 Å². The van der Waals surface area contributed by atoms with Crippen LogP contribution in [-0.4, -0.2) is 22.7 Å². The predicted octanol–water partition coefficient (Wildman–Crippen LogP) is 1.92. The summed E-state index contributed by atoms with van der Waals surface area (Å²) in [5.41, 5.74) is 1.72. The molecule has 0 aromatic carbocycles. The van der Waals surface area contributed by atoms with Gasteiger partial charge in [0.15, 0.2) is 0 Å². The van der Waals surface area contributed by atoms with E-state index in [0.717, 1.165) is 16.3 Å². The number of pyridine rings is 1. The van der Waals surface area contributed by atoms with Crippen LogP contribution < -0.4 is 0 Å². The first-order valence-corrected chi connectivity index (χ1v) is 4.69. The lowest BCUT2D eigenvalue weighted by molar-refractivity contribution is 0.322. The van der Waals surface area contributed by atoms with Crippen LogP contribution in [-0.2, 0) is 0 Å². The summed E-state index contributed by atoms with van der Waals surface area (Å²) in [5.74, 6) is 0. The third kappa shape index (κ3) is 1.98. The normalized spacial score (nSPS) is 10.8. The van der Waals surface area contributed by atoms with Crippen molar-refractivity contribution in [3.8, 4) is 0 Å². The van der Waals surface area contributed by atoms with E-state index in [0.29, 0.717) is 0 Å². The van der Waals surface area contributed by atoms with Crippen LogP contribution in [0.25, 0.3) is 0 Å². The summed E-state index contributed by atoms with van der Waals surface area (Å²) in [6.07, 6.45) is 3.36. The van der Waals surface area contributed by atoms with Gasteiger partial charge in [0.2, 0.25) is 0 Å². The van der Waals surface area contributed by atoms with E-state index in [1.54, 1.807) is 11.8 Å². The molecule has 12 heavy (non-hydrogen) atoms. The maximum Gasteiger partial charge on any atom is 0.0960 e. The van der Waals surface area contributed by atoms with Gasteiger partial charge in [0.25, 0.3) is 0 Å². The second-order valence-electron chi connectivity index (χ2n) is 2.27. The summed E-state index contributed by atoms with van der Waals surface area (Å²) < 4.78 is 0. The third-order valence-corrected chi connectivity index (χ3v) is 2.15. The van der Waals surface area contributed by atoms with Gasteiger partial charge in [0, 0.05) is 11.3 Å². The van der Waals surface area contributed by atoms with E-state index in [9.17, 15) is 0 Å². The highest BCUT2D eigenvalue weighted by Gasteiger charge is 1.97. The summed E-state index contributed by atoms with van der Waals surface area (Å²) in [4.78, 5) is 4.27. The SMILES string of the molecule is CSc1ccc(/C=N\O)c(C)n1. The van der Waals surface area contributed by atoms with Crippen molar-refractivity contribution < 1.29 is 5.21 Å². The standard InChI is InChI=1S/C8H10N2OS/c1-6-7(5-9-11)3-4-8(10-6)12-2/h3-5,11H,1-2H3/b9-5-. The zero-order valence-corrected chi connectivity index (χ0v) is 7.80. The minimum absolute atomic E-state index is 0.843. The Balaban J connectivity index is 3.03. The van der Waals surface area contributed by atoms with Gasteiger partial charge in [0.1, 0.15) is 0 Å². The van der Waals surface area contributed by atoms with Crippen molar-refractivity contribution in [1.82, 2.24) is 4.98 Å². The maximum atomic E-state index is 8.31. The topological polar surface area (TPSA) is 45.5 Å². The van der Waals surface area contributed by atoms with Gasteiger partial charge in [-0.1, -0.05) is 5.16 Å². The average Bonchev–Trinajstić information content (AvgIpc) is 2.09. The first-order chi connectivity index (χ1) is 5.77. The van der Waals surface area contributed by atoms with Crippen LogP contribution in [0.15, 0.2) is 22.3 Å². The quantitative estimate of drug-likeness (QED) is 0.329. The molecule has 0 fully saturated rings. The highest BCUT2D eigenvalue weighted by atomic mass is 32.2. The Kier molecular flexibility index (Phi) is 3.10. The molecule has 1 aromatic rings. The van der Waals surface area contributed by atoms with E-state index in [-0.39, 0.29) is 0 Å². The Bertz CT molecular complexity index is 299. The molecule has 0 atom stereocenters. The van der Waals surface area contributed by atoms with E-state index in [1.807, 2.05) is 25.3 Å². The number of hydrogen-bond acceptors (Lipinski definition) is 4. The van der Waals surface area contributed by atoms with Crippen LogP contribution in [0.5, 0.6) is 0 Å². The molecule has 3 nitrogen and oxygen atoms in total. The number of thioether (sulfide) groups is 1. The summed E-state index contributed by atoms with van der Waals surface area (Å²) in [6, 6.07) is 3.78. The van der Waals surface area contributed by atoms with Gasteiger partial charge in [0.05, 0.1) is 11.2 Å². The van der Waals surface area contributed by atoms with Gasteiger partial charge in [-0.05, 0) is 25.3 Å². The molecular weight excluding hydrogens is 172 g/mol. The smallest absolute Gasteiger partial charge is 0.0960 e. The van der Waals surface area contributed by atoms with Crippen LogP contribution in [0.2, 0.25) is 0 Å². The molecule has 1 rings (SSSR count). The molecule has 0 aliphatic rings. The van der Waals surface area contributed by atoms with E-state index in [2.05, 4.69) is 10.1 Å². The van der Waals surface area contributed by atoms with Crippen molar-refractivity contribution in [1.29, 1.82) is 0 Å². The summed E-state index contributed by atoms with van der Waals surface area (Å²) in [7, 11) is 0. The maximum absolute atomic E-state index is 8.31. The molecule has 4 heteroatoms. The van der Waals surface area contributed by atoms with Crippen molar-refractivity contribution in [2.75, 3.05) is 6.26 Å². The molecule has 1 N–H and O–H groups in total. The van der Waals surface area contributed by atoms with E-state index in [4.69, 9.17) is 5.21 Å². The van der Waals surface area contributed by atoms with E-state index >= 15 is 0 Å². The summed E-state index contributed by atoms with van der Waals surface area (Å²) >= 11 is 1.59. The monoisotopic (exact) mass is 182 g/mol. The van der Waals surface area contributed by atoms with Crippen LogP contribution in [0.1, 0.15) is 11.3 Å². The van der Waals surface area contributed by atoms with Crippen LogP contribution in [0.3, 0.4) is 0 Å². The fourth-order valence-corrected chi connectivity index (χ4v) is 1.29. The molecule has 0 amide bonds. The number of aryl methyl sites for hydroxylation is 1. The highest BCUT2D eigenvalue weighted by Crippen LogP contribution is 2.13. The zero-order valence-electron chi connectivity index (χ0n) is 6.98. The van der Waals surface area contributed by atoms with Crippen LogP contribution >= 0.6 is 11.8 Å². The van der Waals surface area contributed by atoms with Crippen LogP contribution in [0.4, 0.5) is 0 Å². The third-order valence-electron chi connectivity index (χ3n) is 1.51. The molecule has 0 bridgehead atoms. The minimum Gasteiger partial charge on any atom is -0.411 e. The first-order valence-electron chi connectivity index (χ1n) is 3.47. The molecule has 0 saturated heterocycles. The molecule has 1 aromatic heterocycles. The van der Waals surface area contributed by atoms with Gasteiger partial charge in [-0.15, -0.1) is 11.8 Å². The Morgan fingerprint density at radius 2 is 2.33 bits per heavy atom. The molecular formula is C8H10N2OS. The number of rotatable bonds is 2. The largest absolute Gasteiger partial charge is 0.411 e. The lowest BCUT2D eigenvalue weighted by Crippen LogP contribution is -1.91. The van der Waals surface area contributed by atoms with Gasteiger partial charge in [-0.25, -0.2) is 4.98 Å². The fraction of sp³-hybridized carbons (Fsp3) is 0.250. The van der Waals surface area contributed by atoms with Crippen molar-refractivity contribution in [2.45, 2.75) is 11.9 Å². The van der Waals surface area contributed by atoms with Gasteiger partial charge < -0.3 is 5.21 Å². The number of nitrogens with zero attached hydrogens (tertiary/aromatic N) is 2. The van der Waals surface area contributed by atoms with Crippen molar-refractivity contribution in [3.05, 3.63) is 23.4 Å². The Labute approximate surface area is 75.5 Å². The molecule has 0 unspecified atom stereocenters. The lowest BCUT2D eigenvalue weighted by Gasteiger charge is -2.00. The highest BCUT2D eigenvalue weighted by molar-refractivity contribution is 7.98. The lowest BCUT2D eigenvalue weighted by atomic mass is 10.2. The molecule has 64 valence electrons. The van der Waals surface area contributed by atoms with Gasteiger partial charge in [-0.2, -0.15) is 0 Å². The summed E-state index contributed by atoms with van der Waals surface area (Å²) in [6.45, 7) is 1.89. The molecule has 0 radical (unpaired) electrons. The number of hydrogen-bond donors (Lipinski definition) is 1. The van der Waals surface area contributed by atoms with Crippen molar-refractivity contribution >= 4 is 18.0 Å². The number of aromatic nitrogens is 1. The van der Waals surface area contributed by atoms with E-state index < -0.39 is 0 Å². The molecule has 0 spiro atoms. The Morgan fingerprint density at radius 3 is 2.83 bits per heavy atom. The molecule has 0 saturated carbocycles. The van der Waals surface area contributed by atoms with Crippen molar-refractivity contribution in [3.63, 3.8) is 0 Å². The Hall–Kier alpha value is -1.03. The van der Waals surface area contributed by atoms with E-state index in [1.165, 1.54) is 6.21 Å². The molecule has 0 aliphatic heterocycles.